The molecule has 0 atom stereocenters. The molecule has 2 heteroatoms. The molecule has 2 aromatic rings. The van der Waals surface area contributed by atoms with E-state index in [1.165, 1.54) is 6.07 Å². The van der Waals surface area contributed by atoms with E-state index in [1.54, 1.807) is 24.3 Å². The lowest BCUT2D eigenvalue weighted by molar-refractivity contribution is 0.282. The third kappa shape index (κ3) is 2.05. The van der Waals surface area contributed by atoms with Crippen LogP contribution in [0.2, 0.25) is 0 Å². The van der Waals surface area contributed by atoms with Crippen LogP contribution in [0.1, 0.15) is 5.56 Å². The smallest absolute Gasteiger partial charge is 0.131 e. The summed E-state index contributed by atoms with van der Waals surface area (Å²) in [5.74, 6) is -0.243. The van der Waals surface area contributed by atoms with Crippen molar-refractivity contribution < 1.29 is 9.50 Å². The Hall–Kier alpha value is -1.67. The van der Waals surface area contributed by atoms with Gasteiger partial charge in [0.15, 0.2) is 0 Å². The summed E-state index contributed by atoms with van der Waals surface area (Å²) < 4.78 is 13.4. The fourth-order valence-electron chi connectivity index (χ4n) is 1.53. The normalized spacial score (nSPS) is 10.3. The lowest BCUT2D eigenvalue weighted by Crippen LogP contribution is -1.86. The van der Waals surface area contributed by atoms with Crippen molar-refractivity contribution in [2.24, 2.45) is 0 Å². The highest BCUT2D eigenvalue weighted by Gasteiger charge is 2.03. The number of aliphatic hydroxyl groups is 1. The molecule has 0 saturated heterocycles. The molecular weight excluding hydrogens is 191 g/mol. The molecule has 0 aliphatic rings. The third-order valence-electron chi connectivity index (χ3n) is 2.29. The number of hydrogen-bond donors (Lipinski definition) is 1. The summed E-state index contributed by atoms with van der Waals surface area (Å²) in [4.78, 5) is 0. The summed E-state index contributed by atoms with van der Waals surface area (Å²) in [5, 5.41) is 8.98. The molecule has 15 heavy (non-hydrogen) atoms. The minimum atomic E-state index is -0.243. The van der Waals surface area contributed by atoms with Crippen molar-refractivity contribution in [2.75, 3.05) is 0 Å². The van der Waals surface area contributed by atoms with E-state index in [2.05, 4.69) is 0 Å². The SMILES string of the molecule is OCc1cccc(-c2ccccc2F)c1. The van der Waals surface area contributed by atoms with Crippen molar-refractivity contribution >= 4 is 0 Å². The molecule has 0 aliphatic heterocycles. The fourth-order valence-corrected chi connectivity index (χ4v) is 1.53. The summed E-state index contributed by atoms with van der Waals surface area (Å²) in [6, 6.07) is 13.9. The first-order valence-corrected chi connectivity index (χ1v) is 4.76. The highest BCUT2D eigenvalue weighted by Crippen LogP contribution is 2.23. The largest absolute Gasteiger partial charge is 0.392 e. The van der Waals surface area contributed by atoms with Gasteiger partial charge in [-0.15, -0.1) is 0 Å². The van der Waals surface area contributed by atoms with Gasteiger partial charge in [-0.1, -0.05) is 36.4 Å². The quantitative estimate of drug-likeness (QED) is 0.793. The monoisotopic (exact) mass is 202 g/mol. The maximum Gasteiger partial charge on any atom is 0.131 e. The molecule has 2 aromatic carbocycles. The first kappa shape index (κ1) is 9.87. The summed E-state index contributed by atoms with van der Waals surface area (Å²) in [5.41, 5.74) is 2.14. The number of rotatable bonds is 2. The molecule has 76 valence electrons. The second kappa shape index (κ2) is 4.24. The first-order chi connectivity index (χ1) is 7.31. The maximum atomic E-state index is 13.4. The zero-order valence-electron chi connectivity index (χ0n) is 8.15. The van der Waals surface area contributed by atoms with E-state index >= 15 is 0 Å². The van der Waals surface area contributed by atoms with E-state index in [0.29, 0.717) is 5.56 Å². The van der Waals surface area contributed by atoms with Gasteiger partial charge in [-0.05, 0) is 23.3 Å². The van der Waals surface area contributed by atoms with Crippen LogP contribution < -0.4 is 0 Å². The number of benzene rings is 2. The Morgan fingerprint density at radius 2 is 1.80 bits per heavy atom. The van der Waals surface area contributed by atoms with Gasteiger partial charge in [-0.25, -0.2) is 4.39 Å². The Morgan fingerprint density at radius 3 is 2.53 bits per heavy atom. The average molecular weight is 202 g/mol. The van der Waals surface area contributed by atoms with Gasteiger partial charge in [0.2, 0.25) is 0 Å². The molecule has 0 fully saturated rings. The highest BCUT2D eigenvalue weighted by molar-refractivity contribution is 5.64. The van der Waals surface area contributed by atoms with E-state index in [-0.39, 0.29) is 12.4 Å². The van der Waals surface area contributed by atoms with Gasteiger partial charge >= 0.3 is 0 Å². The second-order valence-corrected chi connectivity index (χ2v) is 3.34. The van der Waals surface area contributed by atoms with E-state index in [9.17, 15) is 4.39 Å². The molecule has 0 heterocycles. The molecule has 0 aliphatic carbocycles. The van der Waals surface area contributed by atoms with Crippen molar-refractivity contribution in [1.29, 1.82) is 0 Å². The Morgan fingerprint density at radius 1 is 1.00 bits per heavy atom. The molecule has 0 amide bonds. The summed E-state index contributed by atoms with van der Waals surface area (Å²) >= 11 is 0. The average Bonchev–Trinajstić information content (AvgIpc) is 2.30. The van der Waals surface area contributed by atoms with Crippen LogP contribution in [0.15, 0.2) is 48.5 Å². The van der Waals surface area contributed by atoms with Crippen LogP contribution in [0.4, 0.5) is 4.39 Å². The van der Waals surface area contributed by atoms with E-state index in [0.717, 1.165) is 11.1 Å². The highest BCUT2D eigenvalue weighted by atomic mass is 19.1. The summed E-state index contributed by atoms with van der Waals surface area (Å²) in [6.45, 7) is -0.0255. The molecule has 0 radical (unpaired) electrons. The number of halogens is 1. The van der Waals surface area contributed by atoms with Crippen LogP contribution in [0.3, 0.4) is 0 Å². The van der Waals surface area contributed by atoms with Gasteiger partial charge < -0.3 is 5.11 Å². The minimum absolute atomic E-state index is 0.0255. The summed E-state index contributed by atoms with van der Waals surface area (Å²) in [6.07, 6.45) is 0. The molecule has 1 N–H and O–H groups in total. The topological polar surface area (TPSA) is 20.2 Å². The van der Waals surface area contributed by atoms with Gasteiger partial charge in [-0.2, -0.15) is 0 Å². The Labute approximate surface area is 87.8 Å². The van der Waals surface area contributed by atoms with Crippen LogP contribution in [-0.4, -0.2) is 5.11 Å². The third-order valence-corrected chi connectivity index (χ3v) is 2.29. The molecule has 0 unspecified atom stereocenters. The molecule has 1 nitrogen and oxygen atoms in total. The molecule has 0 saturated carbocycles. The lowest BCUT2D eigenvalue weighted by atomic mass is 10.0. The van der Waals surface area contributed by atoms with Gasteiger partial charge in [0.1, 0.15) is 5.82 Å². The predicted octanol–water partition coefficient (Wildman–Crippen LogP) is 2.99. The Kier molecular flexibility index (Phi) is 2.79. The van der Waals surface area contributed by atoms with Crippen molar-refractivity contribution in [3.05, 3.63) is 59.9 Å². The van der Waals surface area contributed by atoms with E-state index < -0.39 is 0 Å². The minimum Gasteiger partial charge on any atom is -0.392 e. The second-order valence-electron chi connectivity index (χ2n) is 3.34. The molecule has 2 rings (SSSR count). The Bertz CT molecular complexity index is 466. The van der Waals surface area contributed by atoms with Crippen LogP contribution >= 0.6 is 0 Å². The Balaban J connectivity index is 2.49. The van der Waals surface area contributed by atoms with E-state index in [4.69, 9.17) is 5.11 Å². The van der Waals surface area contributed by atoms with Crippen molar-refractivity contribution in [2.45, 2.75) is 6.61 Å². The van der Waals surface area contributed by atoms with Crippen LogP contribution in [0.5, 0.6) is 0 Å². The maximum absolute atomic E-state index is 13.4. The van der Waals surface area contributed by atoms with Crippen molar-refractivity contribution in [3.63, 3.8) is 0 Å². The van der Waals surface area contributed by atoms with Crippen LogP contribution in [0, 0.1) is 5.82 Å². The zero-order chi connectivity index (χ0) is 10.7. The van der Waals surface area contributed by atoms with Gasteiger partial charge in [0.05, 0.1) is 6.61 Å². The lowest BCUT2D eigenvalue weighted by Gasteiger charge is -2.04. The summed E-state index contributed by atoms with van der Waals surface area (Å²) in [7, 11) is 0. The number of aliphatic hydroxyl groups excluding tert-OH is 1. The van der Waals surface area contributed by atoms with Crippen LogP contribution in [-0.2, 0) is 6.61 Å². The molecule has 0 bridgehead atoms. The predicted molar refractivity (Wildman–Crippen MR) is 57.8 cm³/mol. The van der Waals surface area contributed by atoms with Gasteiger partial charge in [0, 0.05) is 5.56 Å². The van der Waals surface area contributed by atoms with Gasteiger partial charge in [0.25, 0.3) is 0 Å². The van der Waals surface area contributed by atoms with Crippen molar-refractivity contribution in [1.82, 2.24) is 0 Å². The van der Waals surface area contributed by atoms with Crippen molar-refractivity contribution in [3.8, 4) is 11.1 Å². The fraction of sp³-hybridized carbons (Fsp3) is 0.0769. The van der Waals surface area contributed by atoms with Gasteiger partial charge in [-0.3, -0.25) is 0 Å². The van der Waals surface area contributed by atoms with E-state index in [1.807, 2.05) is 18.2 Å². The molecular formula is C13H11FO. The first-order valence-electron chi connectivity index (χ1n) is 4.76. The van der Waals surface area contributed by atoms with Crippen LogP contribution in [0.25, 0.3) is 11.1 Å². The zero-order valence-corrected chi connectivity index (χ0v) is 8.15. The number of hydrogen-bond acceptors (Lipinski definition) is 1. The standard InChI is InChI=1S/C13H11FO/c14-13-7-2-1-6-12(13)11-5-3-4-10(8-11)9-15/h1-8,15H,9H2. The molecule has 0 spiro atoms. The molecule has 0 aromatic heterocycles.